The molecule has 1 aromatic carbocycles. The molecule has 0 unspecified atom stereocenters. The van der Waals surface area contributed by atoms with Gasteiger partial charge in [0.05, 0.1) is 5.75 Å². The van der Waals surface area contributed by atoms with Crippen LogP contribution < -0.4 is 0 Å². The molecule has 7 nitrogen and oxygen atoms in total. The van der Waals surface area contributed by atoms with E-state index in [0.29, 0.717) is 37.3 Å². The zero-order valence-electron chi connectivity index (χ0n) is 13.3. The van der Waals surface area contributed by atoms with E-state index in [1.165, 1.54) is 11.8 Å². The van der Waals surface area contributed by atoms with Gasteiger partial charge in [0.2, 0.25) is 17.7 Å². The van der Waals surface area contributed by atoms with Crippen LogP contribution in [0.15, 0.2) is 40.0 Å². The van der Waals surface area contributed by atoms with E-state index >= 15 is 0 Å². The van der Waals surface area contributed by atoms with Gasteiger partial charge in [-0.3, -0.25) is 9.59 Å². The number of hydrogen-bond acceptors (Lipinski definition) is 6. The Morgan fingerprint density at radius 1 is 1.08 bits per heavy atom. The number of carbonyl (C=O) groups excluding carboxylic acids is 2. The predicted molar refractivity (Wildman–Crippen MR) is 89.3 cm³/mol. The van der Waals surface area contributed by atoms with Gasteiger partial charge in [0.15, 0.2) is 0 Å². The highest BCUT2D eigenvalue weighted by atomic mass is 32.2. The lowest BCUT2D eigenvalue weighted by atomic mass is 10.2. The summed E-state index contributed by atoms with van der Waals surface area (Å²) in [7, 11) is 0. The van der Waals surface area contributed by atoms with Gasteiger partial charge < -0.3 is 14.2 Å². The number of carbonyl (C=O) groups is 2. The maximum absolute atomic E-state index is 12.2. The molecule has 2 heterocycles. The van der Waals surface area contributed by atoms with Crippen molar-refractivity contribution in [3.63, 3.8) is 0 Å². The summed E-state index contributed by atoms with van der Waals surface area (Å²) < 4.78 is 5.57. The van der Waals surface area contributed by atoms with Crippen molar-refractivity contribution in [2.24, 2.45) is 0 Å². The Morgan fingerprint density at radius 2 is 1.75 bits per heavy atom. The van der Waals surface area contributed by atoms with Gasteiger partial charge in [-0.25, -0.2) is 0 Å². The highest BCUT2D eigenvalue weighted by molar-refractivity contribution is 7.99. The summed E-state index contributed by atoms with van der Waals surface area (Å²) in [6, 6.07) is 9.50. The molecule has 24 heavy (non-hydrogen) atoms. The maximum atomic E-state index is 12.2. The molecule has 0 bridgehead atoms. The molecule has 3 rings (SSSR count). The van der Waals surface area contributed by atoms with Crippen LogP contribution in [0.2, 0.25) is 0 Å². The van der Waals surface area contributed by atoms with E-state index in [1.54, 1.807) is 16.7 Å². The smallest absolute Gasteiger partial charge is 0.277 e. The highest BCUT2D eigenvalue weighted by Crippen LogP contribution is 2.23. The molecule has 0 saturated carbocycles. The lowest BCUT2D eigenvalue weighted by molar-refractivity contribution is -0.136. The monoisotopic (exact) mass is 346 g/mol. The van der Waals surface area contributed by atoms with Gasteiger partial charge in [-0.05, 0) is 12.1 Å². The molecule has 0 spiro atoms. The van der Waals surface area contributed by atoms with E-state index in [1.807, 2.05) is 30.3 Å². The summed E-state index contributed by atoms with van der Waals surface area (Å²) in [4.78, 5) is 27.0. The van der Waals surface area contributed by atoms with Crippen LogP contribution in [0.5, 0.6) is 0 Å². The van der Waals surface area contributed by atoms with Gasteiger partial charge in [-0.1, -0.05) is 30.0 Å². The third-order valence-electron chi connectivity index (χ3n) is 3.82. The second-order valence-electron chi connectivity index (χ2n) is 5.41. The molecular weight excluding hydrogens is 328 g/mol. The Kier molecular flexibility index (Phi) is 5.14. The van der Waals surface area contributed by atoms with Crippen LogP contribution in [0.25, 0.3) is 11.5 Å². The first-order valence-electron chi connectivity index (χ1n) is 7.68. The van der Waals surface area contributed by atoms with Crippen molar-refractivity contribution in [1.29, 1.82) is 0 Å². The predicted octanol–water partition coefficient (Wildman–Crippen LogP) is 1.52. The topological polar surface area (TPSA) is 79.5 Å². The molecular formula is C16H18N4O3S. The molecule has 1 saturated heterocycles. The van der Waals surface area contributed by atoms with Crippen LogP contribution in [-0.2, 0) is 9.59 Å². The second kappa shape index (κ2) is 7.48. The lowest BCUT2D eigenvalue weighted by Crippen LogP contribution is -2.50. The molecule has 0 atom stereocenters. The van der Waals surface area contributed by atoms with E-state index in [9.17, 15) is 9.59 Å². The van der Waals surface area contributed by atoms with Crippen LogP contribution in [0.3, 0.4) is 0 Å². The fourth-order valence-electron chi connectivity index (χ4n) is 2.45. The van der Waals surface area contributed by atoms with Crippen LogP contribution in [-0.4, -0.2) is 63.7 Å². The van der Waals surface area contributed by atoms with Crippen molar-refractivity contribution in [3.05, 3.63) is 30.3 Å². The third-order valence-corrected chi connectivity index (χ3v) is 4.63. The Balaban J connectivity index is 1.50. The maximum Gasteiger partial charge on any atom is 0.277 e. The molecule has 8 heteroatoms. The summed E-state index contributed by atoms with van der Waals surface area (Å²) in [5.74, 6) is 0.760. The van der Waals surface area contributed by atoms with Gasteiger partial charge in [0.25, 0.3) is 5.22 Å². The van der Waals surface area contributed by atoms with Gasteiger partial charge >= 0.3 is 0 Å². The van der Waals surface area contributed by atoms with Crippen molar-refractivity contribution in [2.45, 2.75) is 12.1 Å². The Bertz CT molecular complexity index is 711. The summed E-state index contributed by atoms with van der Waals surface area (Å²) in [6.45, 7) is 3.86. The molecule has 1 aliphatic rings. The van der Waals surface area contributed by atoms with Crippen LogP contribution in [0.4, 0.5) is 0 Å². The molecule has 1 aromatic heterocycles. The number of aromatic nitrogens is 2. The molecule has 126 valence electrons. The molecule has 0 radical (unpaired) electrons. The molecule has 1 aliphatic heterocycles. The minimum atomic E-state index is 0.0164. The fraction of sp³-hybridized carbons (Fsp3) is 0.375. The standard InChI is InChI=1S/C16H18N4O3S/c1-12(21)19-7-9-20(10-8-19)14(22)11-24-16-18-17-15(23-16)13-5-3-2-4-6-13/h2-6H,7-11H2,1H3. The van der Waals surface area contributed by atoms with E-state index in [-0.39, 0.29) is 17.6 Å². The minimum absolute atomic E-state index is 0.0164. The van der Waals surface area contributed by atoms with Crippen molar-refractivity contribution >= 4 is 23.6 Å². The number of thioether (sulfide) groups is 1. The van der Waals surface area contributed by atoms with Gasteiger partial charge in [-0.15, -0.1) is 10.2 Å². The first kappa shape index (κ1) is 16.5. The largest absolute Gasteiger partial charge is 0.411 e. The zero-order valence-corrected chi connectivity index (χ0v) is 14.2. The van der Waals surface area contributed by atoms with E-state index in [0.717, 1.165) is 5.56 Å². The zero-order chi connectivity index (χ0) is 16.9. The first-order chi connectivity index (χ1) is 11.6. The lowest BCUT2D eigenvalue weighted by Gasteiger charge is -2.34. The fourth-order valence-corrected chi connectivity index (χ4v) is 3.12. The summed E-state index contributed by atoms with van der Waals surface area (Å²) in [5.41, 5.74) is 0.850. The molecule has 0 N–H and O–H groups in total. The van der Waals surface area contributed by atoms with Crippen molar-refractivity contribution < 1.29 is 14.0 Å². The van der Waals surface area contributed by atoms with Gasteiger partial charge in [0.1, 0.15) is 0 Å². The quantitative estimate of drug-likeness (QED) is 0.781. The number of piperazine rings is 1. The Hall–Kier alpha value is -2.35. The normalized spacial score (nSPS) is 14.7. The number of hydrogen-bond donors (Lipinski definition) is 0. The van der Waals surface area contributed by atoms with Crippen molar-refractivity contribution in [2.75, 3.05) is 31.9 Å². The van der Waals surface area contributed by atoms with Crippen molar-refractivity contribution in [3.8, 4) is 11.5 Å². The van der Waals surface area contributed by atoms with Crippen LogP contribution in [0, 0.1) is 0 Å². The Labute approximate surface area is 144 Å². The van der Waals surface area contributed by atoms with E-state index in [4.69, 9.17) is 4.42 Å². The van der Waals surface area contributed by atoms with Gasteiger partial charge in [-0.2, -0.15) is 0 Å². The van der Waals surface area contributed by atoms with Crippen molar-refractivity contribution in [1.82, 2.24) is 20.0 Å². The minimum Gasteiger partial charge on any atom is -0.411 e. The van der Waals surface area contributed by atoms with E-state index in [2.05, 4.69) is 10.2 Å². The molecule has 2 amide bonds. The number of benzene rings is 1. The number of amides is 2. The summed E-state index contributed by atoms with van der Waals surface area (Å²) >= 11 is 1.23. The number of rotatable bonds is 4. The van der Waals surface area contributed by atoms with E-state index < -0.39 is 0 Å². The SMILES string of the molecule is CC(=O)N1CCN(C(=O)CSc2nnc(-c3ccccc3)o2)CC1. The van der Waals surface area contributed by atoms with Crippen LogP contribution in [0.1, 0.15) is 6.92 Å². The first-order valence-corrected chi connectivity index (χ1v) is 8.67. The third kappa shape index (κ3) is 3.94. The average molecular weight is 346 g/mol. The molecule has 0 aliphatic carbocycles. The summed E-state index contributed by atoms with van der Waals surface area (Å²) in [6.07, 6.45) is 0. The average Bonchev–Trinajstić information content (AvgIpc) is 3.09. The van der Waals surface area contributed by atoms with Gasteiger partial charge in [0, 0.05) is 38.7 Å². The molecule has 2 aromatic rings. The second-order valence-corrected chi connectivity index (χ2v) is 6.34. The number of nitrogens with zero attached hydrogens (tertiary/aromatic N) is 4. The van der Waals surface area contributed by atoms with Crippen LogP contribution >= 0.6 is 11.8 Å². The molecule has 1 fully saturated rings. The Morgan fingerprint density at radius 3 is 2.42 bits per heavy atom. The highest BCUT2D eigenvalue weighted by Gasteiger charge is 2.22. The summed E-state index contributed by atoms with van der Waals surface area (Å²) in [5, 5.41) is 8.35.